The van der Waals surface area contributed by atoms with Crippen molar-refractivity contribution >= 4 is 15.9 Å². The number of halogens is 5. The third-order valence-electron chi connectivity index (χ3n) is 3.21. The Labute approximate surface area is 121 Å². The third-order valence-corrected chi connectivity index (χ3v) is 3.85. The summed E-state index contributed by atoms with van der Waals surface area (Å²) in [5.74, 6) is -1.77. The Bertz CT molecular complexity index is 489. The molecule has 0 spiro atoms. The number of alkyl halides is 3. The molecular weight excluding hydrogens is 344 g/mol. The number of benzene rings is 1. The Kier molecular flexibility index (Phi) is 4.55. The van der Waals surface area contributed by atoms with Gasteiger partial charge in [0.05, 0.1) is 10.0 Å². The smallest absolute Gasteiger partial charge is 0.408 e. The van der Waals surface area contributed by atoms with Gasteiger partial charge in [-0.1, -0.05) is 0 Å². The summed E-state index contributed by atoms with van der Waals surface area (Å²) in [7, 11) is 0. The van der Waals surface area contributed by atoms with Crippen LogP contribution >= 0.6 is 15.9 Å². The number of aromatic hydroxyl groups is 1. The van der Waals surface area contributed by atoms with Crippen LogP contribution in [0.4, 0.5) is 17.6 Å². The first-order valence-corrected chi connectivity index (χ1v) is 6.80. The summed E-state index contributed by atoms with van der Waals surface area (Å²) in [6.45, 7) is 1.05. The number of rotatable bonds is 2. The average molecular weight is 357 g/mol. The molecule has 112 valence electrons. The normalized spacial score (nSPS) is 19.1. The maximum absolute atomic E-state index is 13.8. The van der Waals surface area contributed by atoms with Crippen LogP contribution < -0.4 is 5.32 Å². The Balaban J connectivity index is 2.49. The third kappa shape index (κ3) is 3.07. The fraction of sp³-hybridized carbons (Fsp3) is 0.500. The van der Waals surface area contributed by atoms with E-state index in [-0.39, 0.29) is 17.6 Å². The van der Waals surface area contributed by atoms with Gasteiger partial charge in [-0.2, -0.15) is 13.2 Å². The van der Waals surface area contributed by atoms with Gasteiger partial charge < -0.3 is 10.4 Å². The molecule has 20 heavy (non-hydrogen) atoms. The van der Waals surface area contributed by atoms with Crippen LogP contribution in [0.1, 0.15) is 11.6 Å². The standard InChI is InChI=1S/C12H13BrF4N2O/c13-7-1-2-8(14)9(10(7)20)11(12(15,16)17)19-5-3-18-4-6-19/h1-2,11,18,20H,3-6H2/t11-/m0/s1. The lowest BCUT2D eigenvalue weighted by atomic mass is 10.0. The molecule has 1 aliphatic heterocycles. The van der Waals surface area contributed by atoms with Gasteiger partial charge >= 0.3 is 6.18 Å². The first-order chi connectivity index (χ1) is 9.32. The van der Waals surface area contributed by atoms with E-state index in [1.54, 1.807) is 0 Å². The van der Waals surface area contributed by atoms with Crippen molar-refractivity contribution in [3.05, 3.63) is 28.0 Å². The van der Waals surface area contributed by atoms with Crippen molar-refractivity contribution in [2.45, 2.75) is 12.2 Å². The predicted octanol–water partition coefficient (Wildman–Crippen LogP) is 2.80. The molecule has 3 nitrogen and oxygen atoms in total. The molecular formula is C12H13BrF4N2O. The second kappa shape index (κ2) is 5.87. The molecule has 0 aromatic heterocycles. The zero-order valence-electron chi connectivity index (χ0n) is 10.3. The lowest BCUT2D eigenvalue weighted by Gasteiger charge is -2.36. The molecule has 1 saturated heterocycles. The topological polar surface area (TPSA) is 35.5 Å². The maximum Gasteiger partial charge on any atom is 0.408 e. The highest BCUT2D eigenvalue weighted by Gasteiger charge is 2.47. The molecule has 0 amide bonds. The van der Waals surface area contributed by atoms with Crippen molar-refractivity contribution in [2.75, 3.05) is 26.2 Å². The van der Waals surface area contributed by atoms with Gasteiger partial charge in [-0.15, -0.1) is 0 Å². The highest BCUT2D eigenvalue weighted by molar-refractivity contribution is 9.10. The van der Waals surface area contributed by atoms with E-state index in [1.807, 2.05) is 0 Å². The Hall–Kier alpha value is -0.860. The zero-order chi connectivity index (χ0) is 14.9. The van der Waals surface area contributed by atoms with Crippen molar-refractivity contribution in [2.24, 2.45) is 0 Å². The van der Waals surface area contributed by atoms with E-state index < -0.39 is 29.3 Å². The van der Waals surface area contributed by atoms with Crippen molar-refractivity contribution in [1.82, 2.24) is 10.2 Å². The van der Waals surface area contributed by atoms with Gasteiger partial charge in [0.25, 0.3) is 0 Å². The number of nitrogens with one attached hydrogen (secondary N) is 1. The summed E-state index contributed by atoms with van der Waals surface area (Å²) in [6, 6.07) is -0.0542. The zero-order valence-corrected chi connectivity index (χ0v) is 11.9. The summed E-state index contributed by atoms with van der Waals surface area (Å²) in [4.78, 5) is 1.13. The van der Waals surface area contributed by atoms with E-state index in [0.717, 1.165) is 11.0 Å². The quantitative estimate of drug-likeness (QED) is 0.800. The number of piperazine rings is 1. The van der Waals surface area contributed by atoms with Gasteiger partial charge in [-0.05, 0) is 28.1 Å². The minimum atomic E-state index is -4.67. The molecule has 1 fully saturated rings. The van der Waals surface area contributed by atoms with Crippen LogP contribution in [0, 0.1) is 5.82 Å². The van der Waals surface area contributed by atoms with Crippen molar-refractivity contribution in [3.8, 4) is 5.75 Å². The van der Waals surface area contributed by atoms with Crippen LogP contribution in [0.3, 0.4) is 0 Å². The average Bonchev–Trinajstić information content (AvgIpc) is 2.39. The summed E-state index contributed by atoms with van der Waals surface area (Å²) in [5.41, 5.74) is -0.728. The second-order valence-electron chi connectivity index (χ2n) is 4.52. The molecule has 8 heteroatoms. The second-order valence-corrected chi connectivity index (χ2v) is 5.38. The fourth-order valence-corrected chi connectivity index (χ4v) is 2.66. The largest absolute Gasteiger partial charge is 0.506 e. The summed E-state index contributed by atoms with van der Waals surface area (Å²) < 4.78 is 53.9. The van der Waals surface area contributed by atoms with Crippen LogP contribution in [0.15, 0.2) is 16.6 Å². The van der Waals surface area contributed by atoms with Crippen LogP contribution in [0.5, 0.6) is 5.75 Å². The molecule has 0 unspecified atom stereocenters. The number of nitrogens with zero attached hydrogens (tertiary/aromatic N) is 1. The molecule has 1 aromatic carbocycles. The van der Waals surface area contributed by atoms with E-state index in [9.17, 15) is 22.7 Å². The monoisotopic (exact) mass is 356 g/mol. The van der Waals surface area contributed by atoms with Gasteiger partial charge in [0, 0.05) is 26.2 Å². The molecule has 2 N–H and O–H groups in total. The number of hydrogen-bond acceptors (Lipinski definition) is 3. The highest BCUT2D eigenvalue weighted by Crippen LogP contribution is 2.44. The Morgan fingerprint density at radius 2 is 1.85 bits per heavy atom. The molecule has 1 aromatic rings. The first-order valence-electron chi connectivity index (χ1n) is 6.00. The maximum atomic E-state index is 13.8. The van der Waals surface area contributed by atoms with Crippen molar-refractivity contribution < 1.29 is 22.7 Å². The number of hydrogen-bond donors (Lipinski definition) is 2. The first kappa shape index (κ1) is 15.5. The van der Waals surface area contributed by atoms with E-state index in [1.165, 1.54) is 6.07 Å². The van der Waals surface area contributed by atoms with Crippen LogP contribution in [-0.2, 0) is 0 Å². The SMILES string of the molecule is Oc1c(Br)ccc(F)c1[C@H](N1CCNCC1)C(F)(F)F. The highest BCUT2D eigenvalue weighted by atomic mass is 79.9. The molecule has 0 bridgehead atoms. The lowest BCUT2D eigenvalue weighted by molar-refractivity contribution is -0.189. The van der Waals surface area contributed by atoms with Gasteiger partial charge in [0.15, 0.2) is 0 Å². The summed E-state index contributed by atoms with van der Waals surface area (Å²) in [6.07, 6.45) is -4.67. The molecule has 1 heterocycles. The van der Waals surface area contributed by atoms with Gasteiger partial charge in [-0.25, -0.2) is 4.39 Å². The van der Waals surface area contributed by atoms with E-state index in [0.29, 0.717) is 13.1 Å². The Morgan fingerprint density at radius 3 is 2.40 bits per heavy atom. The fourth-order valence-electron chi connectivity index (χ4n) is 2.31. The minimum absolute atomic E-state index is 0.0401. The van der Waals surface area contributed by atoms with Crippen molar-refractivity contribution in [1.29, 1.82) is 0 Å². The molecule has 1 aliphatic rings. The van der Waals surface area contributed by atoms with Crippen molar-refractivity contribution in [3.63, 3.8) is 0 Å². The number of phenolic OH excluding ortho intramolecular Hbond substituents is 1. The minimum Gasteiger partial charge on any atom is -0.506 e. The molecule has 0 radical (unpaired) electrons. The summed E-state index contributed by atoms with van der Waals surface area (Å²) >= 11 is 2.92. The van der Waals surface area contributed by atoms with Gasteiger partial charge in [0.2, 0.25) is 0 Å². The van der Waals surface area contributed by atoms with Gasteiger partial charge in [0.1, 0.15) is 17.6 Å². The molecule has 1 atom stereocenters. The van der Waals surface area contributed by atoms with E-state index in [2.05, 4.69) is 21.2 Å². The summed E-state index contributed by atoms with van der Waals surface area (Å²) in [5, 5.41) is 12.8. The Morgan fingerprint density at radius 1 is 1.25 bits per heavy atom. The number of phenols is 1. The van der Waals surface area contributed by atoms with Crippen LogP contribution in [0.2, 0.25) is 0 Å². The lowest BCUT2D eigenvalue weighted by Crippen LogP contribution is -2.49. The molecule has 0 saturated carbocycles. The van der Waals surface area contributed by atoms with Crippen LogP contribution in [-0.4, -0.2) is 42.4 Å². The molecule has 0 aliphatic carbocycles. The molecule has 2 rings (SSSR count). The van der Waals surface area contributed by atoms with E-state index in [4.69, 9.17) is 0 Å². The predicted molar refractivity (Wildman–Crippen MR) is 69.0 cm³/mol. The van der Waals surface area contributed by atoms with E-state index >= 15 is 0 Å². The van der Waals surface area contributed by atoms with Gasteiger partial charge in [-0.3, -0.25) is 4.90 Å². The van der Waals surface area contributed by atoms with Crippen LogP contribution in [0.25, 0.3) is 0 Å².